The van der Waals surface area contributed by atoms with Crippen LogP contribution in [0.15, 0.2) is 186 Å². The molecule has 0 N–H and O–H groups in total. The summed E-state index contributed by atoms with van der Waals surface area (Å²) in [6.45, 7) is 18.4. The number of nitrogens with zero attached hydrogens (tertiary/aromatic N) is 3. The molecule has 2 aliphatic heterocycles. The van der Waals surface area contributed by atoms with Crippen molar-refractivity contribution in [2.24, 2.45) is 0 Å². The molecule has 3 aliphatic rings. The predicted molar refractivity (Wildman–Crippen MR) is 312 cm³/mol. The van der Waals surface area contributed by atoms with Gasteiger partial charge in [0, 0.05) is 75.7 Å². The fourth-order valence-electron chi connectivity index (χ4n) is 12.9. The highest BCUT2D eigenvalue weighted by Gasteiger charge is 2.49. The fraction of sp³-hybridized carbons (Fsp3) is 0.164. The van der Waals surface area contributed by atoms with Gasteiger partial charge in [-0.15, -0.1) is 11.3 Å². The first-order chi connectivity index (χ1) is 35.2. The summed E-state index contributed by atoms with van der Waals surface area (Å²) in [5.41, 5.74) is 22.6. The quantitative estimate of drug-likeness (QED) is 0.164. The van der Waals surface area contributed by atoms with Gasteiger partial charge < -0.3 is 18.7 Å². The molecule has 0 atom stereocenters. The lowest BCUT2D eigenvalue weighted by atomic mass is 9.46. The second-order valence-corrected chi connectivity index (χ2v) is 24.4. The first-order valence-electron chi connectivity index (χ1n) is 25.9. The molecule has 4 nitrogen and oxygen atoms in total. The molecule has 9 aromatic carbocycles. The summed E-state index contributed by atoms with van der Waals surface area (Å²) in [6, 6.07) is 68.7. The van der Waals surface area contributed by atoms with Crippen LogP contribution in [0.5, 0.6) is 0 Å². The summed E-state index contributed by atoms with van der Waals surface area (Å²) in [5.74, 6) is 0. The van der Waals surface area contributed by atoms with E-state index in [9.17, 15) is 0 Å². The van der Waals surface area contributed by atoms with E-state index in [2.05, 4.69) is 252 Å². The summed E-state index contributed by atoms with van der Waals surface area (Å²) < 4.78 is 12.7. The van der Waals surface area contributed by atoms with Gasteiger partial charge in [-0.05, 0) is 146 Å². The van der Waals surface area contributed by atoms with Crippen molar-refractivity contribution in [1.82, 2.24) is 4.57 Å². The minimum atomic E-state index is -0.286. The molecule has 3 aromatic heterocycles. The molecule has 0 saturated carbocycles. The van der Waals surface area contributed by atoms with E-state index in [0.717, 1.165) is 45.1 Å². The van der Waals surface area contributed by atoms with Crippen LogP contribution in [0.4, 0.5) is 28.4 Å². The number of rotatable bonds is 4. The molecule has 6 heteroatoms. The third-order valence-corrected chi connectivity index (χ3v) is 17.8. The van der Waals surface area contributed by atoms with Crippen LogP contribution < -0.4 is 20.8 Å². The summed E-state index contributed by atoms with van der Waals surface area (Å²) >= 11 is 1.89. The molecule has 1 aliphatic carbocycles. The molecule has 0 fully saturated rings. The third-order valence-electron chi connectivity index (χ3n) is 16.6. The van der Waals surface area contributed by atoms with Crippen molar-refractivity contribution in [3.8, 4) is 27.9 Å². The molecule has 15 rings (SSSR count). The maximum Gasteiger partial charge on any atom is 0.375 e. The first kappa shape index (κ1) is 42.8. The number of benzene rings is 9. The Morgan fingerprint density at radius 3 is 1.90 bits per heavy atom. The molecule has 5 heterocycles. The molecule has 73 heavy (non-hydrogen) atoms. The van der Waals surface area contributed by atoms with E-state index in [-0.39, 0.29) is 23.1 Å². The lowest BCUT2D eigenvalue weighted by Gasteiger charge is -2.41. The van der Waals surface area contributed by atoms with E-state index >= 15 is 0 Å². The van der Waals surface area contributed by atoms with Gasteiger partial charge in [0.25, 0.3) is 0 Å². The van der Waals surface area contributed by atoms with Crippen molar-refractivity contribution in [2.45, 2.75) is 71.6 Å². The van der Waals surface area contributed by atoms with Gasteiger partial charge in [-0.25, -0.2) is 0 Å². The SMILES string of the molecule is CC(C)(C)c1ccc(N2B3c4oc5ccc(C(C)(C)C)cc5c4-n4c5cc6sc7ccccc7c6cc5c5ccc(c3c54)-c3cc4c(cc32)-c2ccc(N(c3ccccc3)c3ccccc3)cc2C4(C)C)cc1. The molecule has 0 amide bonds. The highest BCUT2D eigenvalue weighted by atomic mass is 32.1. The lowest BCUT2D eigenvalue weighted by molar-refractivity contribution is 0.590. The van der Waals surface area contributed by atoms with Crippen LogP contribution in [0.2, 0.25) is 0 Å². The van der Waals surface area contributed by atoms with Crippen molar-refractivity contribution >= 4 is 111 Å². The van der Waals surface area contributed by atoms with Crippen molar-refractivity contribution < 1.29 is 4.42 Å². The Morgan fingerprint density at radius 1 is 0.507 bits per heavy atom. The van der Waals surface area contributed by atoms with Gasteiger partial charge in [-0.1, -0.05) is 146 Å². The zero-order valence-corrected chi connectivity index (χ0v) is 43.4. The van der Waals surface area contributed by atoms with E-state index in [1.807, 2.05) is 11.3 Å². The molecule has 0 spiro atoms. The van der Waals surface area contributed by atoms with Crippen LogP contribution in [0.25, 0.3) is 80.9 Å². The number of hydrogen-bond donors (Lipinski definition) is 0. The Kier molecular flexibility index (Phi) is 8.61. The van der Waals surface area contributed by atoms with E-state index in [4.69, 9.17) is 4.42 Å². The van der Waals surface area contributed by atoms with Crippen LogP contribution in [0, 0.1) is 0 Å². The summed E-state index contributed by atoms with van der Waals surface area (Å²) in [5, 5.41) is 6.34. The summed E-state index contributed by atoms with van der Waals surface area (Å²) in [6.07, 6.45) is 0. The van der Waals surface area contributed by atoms with Crippen LogP contribution in [-0.4, -0.2) is 11.4 Å². The van der Waals surface area contributed by atoms with Gasteiger partial charge in [0.1, 0.15) is 11.2 Å². The maximum absolute atomic E-state index is 7.46. The Morgan fingerprint density at radius 2 is 1.18 bits per heavy atom. The van der Waals surface area contributed by atoms with E-state index in [1.54, 1.807) is 0 Å². The normalized spacial score (nSPS) is 14.4. The van der Waals surface area contributed by atoms with Crippen LogP contribution >= 0.6 is 11.3 Å². The zero-order chi connectivity index (χ0) is 49.4. The van der Waals surface area contributed by atoms with Gasteiger partial charge in [0.05, 0.1) is 16.7 Å². The van der Waals surface area contributed by atoms with Crippen LogP contribution in [0.3, 0.4) is 0 Å². The Hall–Kier alpha value is -7.80. The number of furan rings is 1. The smallest absolute Gasteiger partial charge is 0.375 e. The monoisotopic (exact) mass is 959 g/mol. The van der Waals surface area contributed by atoms with E-state index in [0.29, 0.717) is 0 Å². The zero-order valence-electron chi connectivity index (χ0n) is 42.6. The third kappa shape index (κ3) is 5.96. The minimum absolute atomic E-state index is 0.00416. The molecule has 12 aromatic rings. The molecular weight excluding hydrogens is 906 g/mol. The average molecular weight is 960 g/mol. The first-order valence-corrected chi connectivity index (χ1v) is 26.7. The van der Waals surface area contributed by atoms with Crippen molar-refractivity contribution in [1.29, 1.82) is 0 Å². The Bertz CT molecular complexity index is 4280. The largest absolute Gasteiger partial charge is 0.466 e. The highest BCUT2D eigenvalue weighted by Crippen LogP contribution is 2.56. The highest BCUT2D eigenvalue weighted by molar-refractivity contribution is 7.25. The Labute approximate surface area is 430 Å². The number of anilines is 5. The van der Waals surface area contributed by atoms with Crippen molar-refractivity contribution in [3.05, 3.63) is 204 Å². The van der Waals surface area contributed by atoms with Gasteiger partial charge in [-0.3, -0.25) is 0 Å². The number of fused-ring (bicyclic) bond motifs is 16. The topological polar surface area (TPSA) is 24.6 Å². The number of para-hydroxylation sites is 2. The van der Waals surface area contributed by atoms with E-state index < -0.39 is 0 Å². The number of thiophene rings is 1. The van der Waals surface area contributed by atoms with Crippen LogP contribution in [0.1, 0.15) is 77.6 Å². The second-order valence-electron chi connectivity index (χ2n) is 23.3. The lowest BCUT2D eigenvalue weighted by Crippen LogP contribution is -2.60. The van der Waals surface area contributed by atoms with Gasteiger partial charge >= 0.3 is 6.85 Å². The van der Waals surface area contributed by atoms with E-state index in [1.165, 1.54) is 97.6 Å². The number of hydrogen-bond acceptors (Lipinski definition) is 4. The summed E-state index contributed by atoms with van der Waals surface area (Å²) in [4.78, 5) is 5.02. The molecular formula is C67H54BN3OS. The van der Waals surface area contributed by atoms with Crippen molar-refractivity contribution in [3.63, 3.8) is 0 Å². The van der Waals surface area contributed by atoms with Gasteiger partial charge in [-0.2, -0.15) is 0 Å². The number of aromatic nitrogens is 1. The van der Waals surface area contributed by atoms with Crippen molar-refractivity contribution in [2.75, 3.05) is 9.71 Å². The maximum atomic E-state index is 7.46. The van der Waals surface area contributed by atoms with Gasteiger partial charge in [0.2, 0.25) is 0 Å². The molecule has 0 radical (unpaired) electrons. The molecule has 0 unspecified atom stereocenters. The summed E-state index contributed by atoms with van der Waals surface area (Å²) in [7, 11) is 0. The van der Waals surface area contributed by atoms with Gasteiger partial charge in [0.15, 0.2) is 0 Å². The Balaban J connectivity index is 1.03. The second kappa shape index (κ2) is 14.7. The molecule has 352 valence electrons. The van der Waals surface area contributed by atoms with Crippen LogP contribution in [-0.2, 0) is 16.2 Å². The minimum Gasteiger partial charge on any atom is -0.466 e. The molecule has 0 bridgehead atoms. The average Bonchev–Trinajstić information content (AvgIpc) is 4.11. The fourth-order valence-corrected chi connectivity index (χ4v) is 14.0. The standard InChI is InChI=1S/C67H54BN3OS/c1-65(2,3)39-23-26-43(27-24-39)71-57-37-49-45-29-28-44(69(41-17-11-9-12-18-41)42-19-13-10-14-20-42)34-54(45)67(7,8)55(49)36-51(57)47-30-31-48-50-35-52-46-21-15-16-22-59(46)73-60(52)38-56(50)70-62(48)61(47)68(71)64-63(70)53-33-40(66(4,5)6)25-32-58(53)72-64/h9-38H,1-8H3. The molecule has 0 saturated heterocycles. The predicted octanol–water partition coefficient (Wildman–Crippen LogP) is 17.5.